The smallest absolute Gasteiger partial charge is 0.306 e. The van der Waals surface area contributed by atoms with E-state index in [-0.39, 0.29) is 31.1 Å². The molecule has 0 aromatic carbocycles. The van der Waals surface area contributed by atoms with E-state index in [4.69, 9.17) is 14.2 Å². The van der Waals surface area contributed by atoms with E-state index in [2.05, 4.69) is 20.8 Å². The molecule has 6 heteroatoms. The first-order valence-corrected chi connectivity index (χ1v) is 27.0. The molecule has 6 nitrogen and oxygen atoms in total. The van der Waals surface area contributed by atoms with E-state index in [1.165, 1.54) is 212 Å². The Balaban J connectivity index is 3.90. The fourth-order valence-corrected chi connectivity index (χ4v) is 8.27. The first-order chi connectivity index (χ1) is 29.5. The van der Waals surface area contributed by atoms with Crippen LogP contribution in [0.15, 0.2) is 0 Å². The lowest BCUT2D eigenvalue weighted by atomic mass is 10.0. The number of carbonyl (C=O) groups excluding carboxylic acids is 3. The molecule has 356 valence electrons. The second-order valence-electron chi connectivity index (χ2n) is 18.5. The van der Waals surface area contributed by atoms with Crippen LogP contribution in [0.3, 0.4) is 0 Å². The Morgan fingerprint density at radius 1 is 0.267 bits per heavy atom. The number of rotatable bonds is 50. The van der Waals surface area contributed by atoms with Crippen molar-refractivity contribution >= 4 is 17.9 Å². The van der Waals surface area contributed by atoms with Crippen LogP contribution in [0.1, 0.15) is 310 Å². The molecular formula is C54H104O6. The summed E-state index contributed by atoms with van der Waals surface area (Å²) in [6.07, 6.45) is 54.3. The van der Waals surface area contributed by atoms with E-state index in [1.54, 1.807) is 0 Å². The van der Waals surface area contributed by atoms with Crippen molar-refractivity contribution in [2.75, 3.05) is 13.2 Å². The summed E-state index contributed by atoms with van der Waals surface area (Å²) in [7, 11) is 0. The average molecular weight is 849 g/mol. The third-order valence-electron chi connectivity index (χ3n) is 12.4. The zero-order chi connectivity index (χ0) is 43.7. The maximum atomic E-state index is 12.6. The van der Waals surface area contributed by atoms with Gasteiger partial charge in [-0.1, -0.05) is 271 Å². The Morgan fingerprint density at radius 2 is 0.450 bits per heavy atom. The Kier molecular flexibility index (Phi) is 48.7. The van der Waals surface area contributed by atoms with Gasteiger partial charge >= 0.3 is 17.9 Å². The summed E-state index contributed by atoms with van der Waals surface area (Å²) in [5.41, 5.74) is 0. The number of hydrogen-bond donors (Lipinski definition) is 0. The van der Waals surface area contributed by atoms with Gasteiger partial charge in [0.15, 0.2) is 6.10 Å². The number of carbonyl (C=O) groups is 3. The highest BCUT2D eigenvalue weighted by atomic mass is 16.6. The Hall–Kier alpha value is -1.59. The molecule has 0 fully saturated rings. The molecule has 1 atom stereocenters. The summed E-state index contributed by atoms with van der Waals surface area (Å²) in [6, 6.07) is 0. The van der Waals surface area contributed by atoms with Gasteiger partial charge in [-0.05, 0) is 19.3 Å². The summed E-state index contributed by atoms with van der Waals surface area (Å²) >= 11 is 0. The molecule has 0 aliphatic carbocycles. The van der Waals surface area contributed by atoms with Crippen molar-refractivity contribution in [3.05, 3.63) is 0 Å². The monoisotopic (exact) mass is 849 g/mol. The van der Waals surface area contributed by atoms with E-state index in [0.29, 0.717) is 19.3 Å². The number of hydrogen-bond acceptors (Lipinski definition) is 6. The fourth-order valence-electron chi connectivity index (χ4n) is 8.27. The minimum atomic E-state index is -0.757. The molecule has 0 saturated carbocycles. The third-order valence-corrected chi connectivity index (χ3v) is 12.4. The summed E-state index contributed by atoms with van der Waals surface area (Å²) in [6.45, 7) is 6.61. The van der Waals surface area contributed by atoms with Crippen molar-refractivity contribution in [3.8, 4) is 0 Å². The minimum Gasteiger partial charge on any atom is -0.462 e. The molecule has 0 bridgehead atoms. The Bertz CT molecular complexity index is 889. The molecule has 0 rings (SSSR count). The lowest BCUT2D eigenvalue weighted by Gasteiger charge is -2.18. The van der Waals surface area contributed by atoms with Crippen molar-refractivity contribution in [2.45, 2.75) is 316 Å². The van der Waals surface area contributed by atoms with Crippen molar-refractivity contribution in [2.24, 2.45) is 0 Å². The number of unbranched alkanes of at least 4 members (excludes halogenated alkanes) is 39. The molecule has 0 amide bonds. The molecule has 0 aliphatic rings. The standard InChI is InChI=1S/C54H104O6/c1-4-7-10-13-16-18-19-20-21-22-23-24-25-26-27-28-29-30-31-32-33-34-35-36-39-41-44-47-53(56)59-50-51(49-58-52(55)46-43-40-37-15-12-9-6-3)60-54(57)48-45-42-38-17-14-11-8-5-2/h51H,4-50H2,1-3H3. The van der Waals surface area contributed by atoms with Crippen LogP contribution < -0.4 is 0 Å². The maximum Gasteiger partial charge on any atom is 0.306 e. The molecule has 0 saturated heterocycles. The quantitative estimate of drug-likeness (QED) is 0.0345. The van der Waals surface area contributed by atoms with Crippen molar-refractivity contribution in [3.63, 3.8) is 0 Å². The van der Waals surface area contributed by atoms with Crippen molar-refractivity contribution < 1.29 is 28.6 Å². The first-order valence-electron chi connectivity index (χ1n) is 27.0. The minimum absolute atomic E-state index is 0.0633. The van der Waals surface area contributed by atoms with Gasteiger partial charge in [0.05, 0.1) is 0 Å². The van der Waals surface area contributed by atoms with Crippen LogP contribution in [0.2, 0.25) is 0 Å². The van der Waals surface area contributed by atoms with Gasteiger partial charge in [-0.25, -0.2) is 0 Å². The predicted octanol–water partition coefficient (Wildman–Crippen LogP) is 17.6. The number of ether oxygens (including phenoxy) is 3. The van der Waals surface area contributed by atoms with Crippen LogP contribution in [0, 0.1) is 0 Å². The zero-order valence-corrected chi connectivity index (χ0v) is 40.8. The van der Waals surface area contributed by atoms with Gasteiger partial charge in [-0.2, -0.15) is 0 Å². The number of esters is 3. The molecule has 0 aromatic rings. The van der Waals surface area contributed by atoms with Gasteiger partial charge in [0.25, 0.3) is 0 Å². The SMILES string of the molecule is CCCCCCCCCCCCCCCCCCCCCCCCCCCCCC(=O)OCC(COC(=O)CCCCCCCCC)OC(=O)CCCCCCCCCC. The molecule has 0 radical (unpaired) electrons. The van der Waals surface area contributed by atoms with Gasteiger partial charge in [0.1, 0.15) is 13.2 Å². The molecule has 0 spiro atoms. The predicted molar refractivity (Wildman–Crippen MR) is 257 cm³/mol. The van der Waals surface area contributed by atoms with E-state index >= 15 is 0 Å². The Labute approximate surface area is 374 Å². The average Bonchev–Trinajstić information content (AvgIpc) is 3.24. The van der Waals surface area contributed by atoms with Crippen LogP contribution in [0.4, 0.5) is 0 Å². The highest BCUT2D eigenvalue weighted by Gasteiger charge is 2.19. The normalized spacial score (nSPS) is 11.8. The molecular weight excluding hydrogens is 745 g/mol. The van der Waals surface area contributed by atoms with Crippen molar-refractivity contribution in [1.29, 1.82) is 0 Å². The molecule has 0 aliphatic heterocycles. The van der Waals surface area contributed by atoms with Gasteiger partial charge in [0, 0.05) is 19.3 Å². The maximum absolute atomic E-state index is 12.6. The summed E-state index contributed by atoms with van der Waals surface area (Å²) < 4.78 is 16.7. The van der Waals surface area contributed by atoms with E-state index in [9.17, 15) is 14.4 Å². The molecule has 0 heterocycles. The topological polar surface area (TPSA) is 78.9 Å². The highest BCUT2D eigenvalue weighted by Crippen LogP contribution is 2.17. The van der Waals surface area contributed by atoms with Crippen LogP contribution >= 0.6 is 0 Å². The summed E-state index contributed by atoms with van der Waals surface area (Å²) in [5.74, 6) is -0.858. The zero-order valence-electron chi connectivity index (χ0n) is 40.8. The molecule has 60 heavy (non-hydrogen) atoms. The summed E-state index contributed by atoms with van der Waals surface area (Å²) in [5, 5.41) is 0. The lowest BCUT2D eigenvalue weighted by Crippen LogP contribution is -2.30. The van der Waals surface area contributed by atoms with E-state index in [0.717, 1.165) is 57.8 Å². The largest absolute Gasteiger partial charge is 0.462 e. The van der Waals surface area contributed by atoms with E-state index < -0.39 is 6.10 Å². The van der Waals surface area contributed by atoms with Gasteiger partial charge in [-0.15, -0.1) is 0 Å². The van der Waals surface area contributed by atoms with Crippen molar-refractivity contribution in [1.82, 2.24) is 0 Å². The summed E-state index contributed by atoms with van der Waals surface area (Å²) in [4.78, 5) is 37.6. The van der Waals surface area contributed by atoms with Crippen LogP contribution in [0.25, 0.3) is 0 Å². The van der Waals surface area contributed by atoms with E-state index in [1.807, 2.05) is 0 Å². The fraction of sp³-hybridized carbons (Fsp3) is 0.944. The van der Waals surface area contributed by atoms with Gasteiger partial charge < -0.3 is 14.2 Å². The van der Waals surface area contributed by atoms with Crippen LogP contribution in [0.5, 0.6) is 0 Å². The molecule has 0 N–H and O–H groups in total. The third kappa shape index (κ3) is 47.5. The first kappa shape index (κ1) is 58.4. The second kappa shape index (κ2) is 50.1. The highest BCUT2D eigenvalue weighted by molar-refractivity contribution is 5.71. The van der Waals surface area contributed by atoms with Gasteiger partial charge in [-0.3, -0.25) is 14.4 Å². The second-order valence-corrected chi connectivity index (χ2v) is 18.5. The van der Waals surface area contributed by atoms with Crippen LogP contribution in [-0.4, -0.2) is 37.2 Å². The molecule has 1 unspecified atom stereocenters. The van der Waals surface area contributed by atoms with Crippen LogP contribution in [-0.2, 0) is 28.6 Å². The molecule has 0 aromatic heterocycles. The van der Waals surface area contributed by atoms with Gasteiger partial charge in [0.2, 0.25) is 0 Å². The Morgan fingerprint density at radius 3 is 0.667 bits per heavy atom. The lowest BCUT2D eigenvalue weighted by molar-refractivity contribution is -0.167.